The van der Waals surface area contributed by atoms with Gasteiger partial charge in [-0.25, -0.2) is 0 Å². The minimum atomic E-state index is -4.19. The van der Waals surface area contributed by atoms with Crippen LogP contribution in [0.4, 0.5) is 11.4 Å². The molecule has 0 bridgehead atoms. The number of hydrogen-bond donors (Lipinski definition) is 1. The normalized spacial score (nSPS) is 11.4. The van der Waals surface area contributed by atoms with E-state index >= 15 is 0 Å². The van der Waals surface area contributed by atoms with Crippen molar-refractivity contribution >= 4 is 49.4 Å². The highest BCUT2D eigenvalue weighted by molar-refractivity contribution is 9.10. The van der Waals surface area contributed by atoms with E-state index in [-0.39, 0.29) is 33.2 Å². The Labute approximate surface area is 210 Å². The third-order valence-corrected chi connectivity index (χ3v) is 6.57. The molecular formula is C24H18BrN3O6S. The summed E-state index contributed by atoms with van der Waals surface area (Å²) in [5.74, 6) is -0.927. The fraction of sp³-hybridized carbons (Fsp3) is 0.0833. The molecule has 0 aliphatic rings. The molecule has 0 saturated heterocycles. The van der Waals surface area contributed by atoms with Gasteiger partial charge in [-0.2, -0.15) is 13.7 Å². The Morgan fingerprint density at radius 3 is 2.43 bits per heavy atom. The summed E-state index contributed by atoms with van der Waals surface area (Å²) in [4.78, 5) is 23.2. The van der Waals surface area contributed by atoms with Crippen LogP contribution in [0.5, 0.6) is 5.75 Å². The second-order valence-electron chi connectivity index (χ2n) is 7.41. The molecule has 0 radical (unpaired) electrons. The van der Waals surface area contributed by atoms with Crippen LogP contribution in [-0.4, -0.2) is 19.2 Å². The number of anilines is 1. The van der Waals surface area contributed by atoms with Crippen LogP contribution >= 0.6 is 15.9 Å². The van der Waals surface area contributed by atoms with Crippen LogP contribution in [0.15, 0.2) is 75.6 Å². The number of halogens is 1. The zero-order valence-corrected chi connectivity index (χ0v) is 20.9. The molecule has 3 aromatic carbocycles. The van der Waals surface area contributed by atoms with Gasteiger partial charge in [0, 0.05) is 22.2 Å². The van der Waals surface area contributed by atoms with E-state index in [4.69, 9.17) is 4.18 Å². The number of amides is 1. The van der Waals surface area contributed by atoms with Crippen molar-refractivity contribution in [2.75, 3.05) is 5.32 Å². The Hall–Kier alpha value is -4.01. The molecule has 0 atom stereocenters. The molecule has 0 unspecified atom stereocenters. The minimum Gasteiger partial charge on any atom is -0.378 e. The Morgan fingerprint density at radius 1 is 1.11 bits per heavy atom. The number of nitrogens with one attached hydrogen (secondary N) is 1. The largest absolute Gasteiger partial charge is 0.378 e. The third-order valence-electron chi connectivity index (χ3n) is 4.83. The molecule has 11 heteroatoms. The van der Waals surface area contributed by atoms with Crippen molar-refractivity contribution in [2.24, 2.45) is 0 Å². The number of carbonyl (C=O) groups excluding carboxylic acids is 1. The first-order chi connectivity index (χ1) is 16.5. The molecule has 0 saturated carbocycles. The van der Waals surface area contributed by atoms with Crippen molar-refractivity contribution in [3.8, 4) is 11.8 Å². The molecule has 3 rings (SSSR count). The Kier molecular flexibility index (Phi) is 7.68. The third kappa shape index (κ3) is 6.32. The number of non-ortho nitro benzene ring substituents is 1. The number of aryl methyl sites for hydroxylation is 2. The van der Waals surface area contributed by atoms with Gasteiger partial charge < -0.3 is 9.50 Å². The predicted octanol–water partition coefficient (Wildman–Crippen LogP) is 5.29. The zero-order chi connectivity index (χ0) is 25.8. The van der Waals surface area contributed by atoms with E-state index in [0.29, 0.717) is 10.0 Å². The van der Waals surface area contributed by atoms with Gasteiger partial charge in [0.1, 0.15) is 22.3 Å². The second kappa shape index (κ2) is 10.5. The zero-order valence-electron chi connectivity index (χ0n) is 18.5. The monoisotopic (exact) mass is 555 g/mol. The van der Waals surface area contributed by atoms with Crippen molar-refractivity contribution in [3.63, 3.8) is 0 Å². The van der Waals surface area contributed by atoms with Gasteiger partial charge in [0.25, 0.3) is 11.6 Å². The average molecular weight is 556 g/mol. The molecule has 3 aromatic rings. The van der Waals surface area contributed by atoms with Gasteiger partial charge in [0.05, 0.1) is 10.6 Å². The van der Waals surface area contributed by atoms with Gasteiger partial charge in [0.2, 0.25) is 0 Å². The summed E-state index contributed by atoms with van der Waals surface area (Å²) >= 11 is 3.28. The summed E-state index contributed by atoms with van der Waals surface area (Å²) in [7, 11) is -4.19. The number of hydrogen-bond acceptors (Lipinski definition) is 7. The minimum absolute atomic E-state index is 0.0552. The molecule has 9 nitrogen and oxygen atoms in total. The van der Waals surface area contributed by atoms with Gasteiger partial charge in [-0.3, -0.25) is 14.9 Å². The molecular weight excluding hydrogens is 538 g/mol. The first kappa shape index (κ1) is 25.6. The molecule has 35 heavy (non-hydrogen) atoms. The summed E-state index contributed by atoms with van der Waals surface area (Å²) in [5.41, 5.74) is 1.15. The fourth-order valence-electron chi connectivity index (χ4n) is 2.93. The number of nitrogens with zero attached hydrogens (tertiary/aromatic N) is 2. The van der Waals surface area contributed by atoms with E-state index < -0.39 is 20.9 Å². The number of carbonyl (C=O) groups is 1. The van der Waals surface area contributed by atoms with Crippen LogP contribution in [-0.2, 0) is 14.9 Å². The van der Waals surface area contributed by atoms with Crippen molar-refractivity contribution in [3.05, 3.63) is 97.5 Å². The van der Waals surface area contributed by atoms with Gasteiger partial charge in [0.15, 0.2) is 0 Å². The van der Waals surface area contributed by atoms with E-state index in [2.05, 4.69) is 21.2 Å². The van der Waals surface area contributed by atoms with Crippen LogP contribution < -0.4 is 9.50 Å². The first-order valence-corrected chi connectivity index (χ1v) is 12.2. The van der Waals surface area contributed by atoms with Crippen molar-refractivity contribution in [1.29, 1.82) is 5.26 Å². The van der Waals surface area contributed by atoms with E-state index in [1.54, 1.807) is 31.2 Å². The Bertz CT molecular complexity index is 1490. The molecule has 0 aromatic heterocycles. The first-order valence-electron chi connectivity index (χ1n) is 9.99. The van der Waals surface area contributed by atoms with Crippen molar-refractivity contribution in [2.45, 2.75) is 18.7 Å². The lowest BCUT2D eigenvalue weighted by Gasteiger charge is -2.11. The number of benzene rings is 3. The lowest BCUT2D eigenvalue weighted by molar-refractivity contribution is -0.384. The molecule has 0 heterocycles. The molecule has 178 valence electrons. The van der Waals surface area contributed by atoms with Crippen LogP contribution in [0, 0.1) is 35.3 Å². The molecule has 0 spiro atoms. The average Bonchev–Trinajstić information content (AvgIpc) is 2.80. The summed E-state index contributed by atoms with van der Waals surface area (Å²) in [6.07, 6.45) is 1.17. The predicted molar refractivity (Wildman–Crippen MR) is 133 cm³/mol. The maximum atomic E-state index is 12.8. The summed E-state index contributed by atoms with van der Waals surface area (Å²) in [6, 6.07) is 16.2. The number of nitriles is 1. The second-order valence-corrected chi connectivity index (χ2v) is 9.87. The number of nitro groups is 1. The number of nitro benzene ring substituents is 1. The van der Waals surface area contributed by atoms with Crippen molar-refractivity contribution < 1.29 is 22.3 Å². The molecule has 1 N–H and O–H groups in total. The van der Waals surface area contributed by atoms with E-state index in [1.165, 1.54) is 48.5 Å². The van der Waals surface area contributed by atoms with Crippen LogP contribution in [0.25, 0.3) is 6.08 Å². The summed E-state index contributed by atoms with van der Waals surface area (Å²) in [6.45, 7) is 3.46. The van der Waals surface area contributed by atoms with Gasteiger partial charge in [-0.05, 0) is 55.8 Å². The van der Waals surface area contributed by atoms with Crippen molar-refractivity contribution in [1.82, 2.24) is 0 Å². The molecule has 0 fully saturated rings. The van der Waals surface area contributed by atoms with Gasteiger partial charge in [-0.1, -0.05) is 39.7 Å². The smallest absolute Gasteiger partial charge is 0.339 e. The van der Waals surface area contributed by atoms with Crippen LogP contribution in [0.1, 0.15) is 16.7 Å². The Balaban J connectivity index is 1.95. The number of rotatable bonds is 7. The quantitative estimate of drug-likeness (QED) is 0.137. The Morgan fingerprint density at radius 2 is 1.80 bits per heavy atom. The van der Waals surface area contributed by atoms with E-state index in [0.717, 1.165) is 5.56 Å². The highest BCUT2D eigenvalue weighted by Gasteiger charge is 2.20. The summed E-state index contributed by atoms with van der Waals surface area (Å²) in [5, 5.41) is 23.1. The standard InChI is InChI=1S/C24H18BrN3O6S/c1-15-3-8-21(9-4-15)35(32,33)34-23-10-6-19(25)12-17(23)11-18(14-26)24(29)27-22-13-20(28(30)31)7-5-16(22)2/h3-13H,1-2H3,(H,27,29)/b18-11+. The topological polar surface area (TPSA) is 139 Å². The van der Waals surface area contributed by atoms with Crippen LogP contribution in [0.2, 0.25) is 0 Å². The van der Waals surface area contributed by atoms with Gasteiger partial charge >= 0.3 is 10.1 Å². The maximum absolute atomic E-state index is 12.8. The SMILES string of the molecule is Cc1ccc(S(=O)(=O)Oc2ccc(Br)cc2/C=C(\C#N)C(=O)Nc2cc([N+](=O)[O-])ccc2C)cc1. The highest BCUT2D eigenvalue weighted by atomic mass is 79.9. The van der Waals surface area contributed by atoms with Crippen LogP contribution in [0.3, 0.4) is 0 Å². The molecule has 1 amide bonds. The van der Waals surface area contributed by atoms with Gasteiger partial charge in [-0.15, -0.1) is 0 Å². The van der Waals surface area contributed by atoms with E-state index in [1.807, 2.05) is 6.92 Å². The molecule has 0 aliphatic heterocycles. The fourth-order valence-corrected chi connectivity index (χ4v) is 4.26. The maximum Gasteiger partial charge on any atom is 0.339 e. The lowest BCUT2D eigenvalue weighted by Crippen LogP contribution is -2.15. The highest BCUT2D eigenvalue weighted by Crippen LogP contribution is 2.29. The lowest BCUT2D eigenvalue weighted by atomic mass is 10.1. The van der Waals surface area contributed by atoms with E-state index in [9.17, 15) is 28.6 Å². The summed E-state index contributed by atoms with van der Waals surface area (Å²) < 4.78 is 31.4. The molecule has 0 aliphatic carbocycles.